The third kappa shape index (κ3) is 3.27. The molecule has 0 nitrogen and oxygen atoms in total. The fraction of sp³-hybridized carbons (Fsp3) is 0.0588. The highest BCUT2D eigenvalue weighted by Gasteiger charge is 2.47. The first-order valence-corrected chi connectivity index (χ1v) is 14.2. The Labute approximate surface area is 208 Å². The maximum atomic E-state index is 3.95. The van der Waals surface area contributed by atoms with E-state index in [2.05, 4.69) is 136 Å². The van der Waals surface area contributed by atoms with Crippen LogP contribution in [0.1, 0.15) is 18.1 Å². The zero-order valence-corrected chi connectivity index (χ0v) is 21.3. The summed E-state index contributed by atoms with van der Waals surface area (Å²) >= 11 is 0. The van der Waals surface area contributed by atoms with Gasteiger partial charge in [0.25, 0.3) is 0 Å². The Hall–Kier alpha value is -3.94. The van der Waals surface area contributed by atoms with Crippen LogP contribution >= 0.6 is 0 Å². The van der Waals surface area contributed by atoms with Crippen LogP contribution in [0.25, 0.3) is 27.1 Å². The van der Waals surface area contributed by atoms with Gasteiger partial charge in [0, 0.05) is 0 Å². The molecule has 5 aromatic rings. The van der Waals surface area contributed by atoms with Crippen molar-refractivity contribution >= 4 is 50.8 Å². The molecule has 0 bridgehead atoms. The van der Waals surface area contributed by atoms with Crippen molar-refractivity contribution in [3.8, 4) is 0 Å². The molecule has 1 aliphatic heterocycles. The molecule has 1 heteroatoms. The normalized spacial score (nSPS) is 14.7. The second kappa shape index (κ2) is 8.37. The molecular weight excluding hydrogens is 436 g/mol. The first-order chi connectivity index (χ1) is 17.1. The van der Waals surface area contributed by atoms with E-state index in [1.165, 1.54) is 59.0 Å². The molecule has 0 saturated heterocycles. The number of hydrogen-bond acceptors (Lipinski definition) is 0. The summed E-state index contributed by atoms with van der Waals surface area (Å²) in [4.78, 5) is 0. The van der Waals surface area contributed by atoms with Crippen LogP contribution in [0.5, 0.6) is 0 Å². The monoisotopic (exact) mass is 464 g/mol. The van der Waals surface area contributed by atoms with Gasteiger partial charge in [-0.25, -0.2) is 0 Å². The van der Waals surface area contributed by atoms with E-state index in [1.807, 2.05) is 6.08 Å². The van der Waals surface area contributed by atoms with Gasteiger partial charge in [0.1, 0.15) is 0 Å². The van der Waals surface area contributed by atoms with E-state index in [9.17, 15) is 0 Å². The Morgan fingerprint density at radius 1 is 0.629 bits per heavy atom. The predicted octanol–water partition coefficient (Wildman–Crippen LogP) is 6.84. The van der Waals surface area contributed by atoms with E-state index in [4.69, 9.17) is 0 Å². The minimum absolute atomic E-state index is 1.29. The van der Waals surface area contributed by atoms with Gasteiger partial charge >= 0.3 is 0 Å². The zero-order chi connectivity index (χ0) is 24.0. The maximum Gasteiger partial charge on any atom is 0.176 e. The Bertz CT molecular complexity index is 1610. The Morgan fingerprint density at radius 2 is 1.23 bits per heavy atom. The number of fused-ring (bicyclic) bond motifs is 3. The summed E-state index contributed by atoms with van der Waals surface area (Å²) in [6.07, 6.45) is 6.22. The van der Waals surface area contributed by atoms with Gasteiger partial charge in [-0.3, -0.25) is 0 Å². The Kier molecular flexibility index (Phi) is 5.16. The van der Waals surface area contributed by atoms with Crippen LogP contribution in [0.4, 0.5) is 0 Å². The fourth-order valence-corrected chi connectivity index (χ4v) is 11.2. The molecule has 0 aliphatic carbocycles. The average molecular weight is 465 g/mol. The summed E-state index contributed by atoms with van der Waals surface area (Å²) in [6.45, 7) is 8.48. The fourth-order valence-electron chi connectivity index (χ4n) is 5.97. The minimum Gasteiger partial charge on any atom is -0.0991 e. The van der Waals surface area contributed by atoms with Crippen LogP contribution in [0.15, 0.2) is 133 Å². The highest BCUT2D eigenvalue weighted by molar-refractivity contribution is 7.18. The first-order valence-electron chi connectivity index (χ1n) is 12.2. The average Bonchev–Trinajstić information content (AvgIpc) is 3.13. The van der Waals surface area contributed by atoms with Gasteiger partial charge in [-0.1, -0.05) is 120 Å². The lowest BCUT2D eigenvalue weighted by Crippen LogP contribution is -2.67. The standard InChI is InChI=1S/C34H28Si/c1-4-5-16-32-25(3)35(30-12-8-6-9-13-30,31-14-10-7-11-15-31)34-23-29-21-27-19-24(2)17-18-26(27)20-28(29)22-33(32)34/h4-23H,1H2,2-3H3/b16-5-. The van der Waals surface area contributed by atoms with Crippen LogP contribution < -0.4 is 15.6 Å². The van der Waals surface area contributed by atoms with E-state index < -0.39 is 8.07 Å². The van der Waals surface area contributed by atoms with Gasteiger partial charge in [-0.2, -0.15) is 0 Å². The molecule has 0 unspecified atom stereocenters. The number of rotatable bonds is 4. The molecule has 168 valence electrons. The van der Waals surface area contributed by atoms with Gasteiger partial charge in [-0.15, -0.1) is 0 Å². The highest BCUT2D eigenvalue weighted by Crippen LogP contribution is 2.37. The molecular formula is C34H28Si. The molecule has 0 radical (unpaired) electrons. The van der Waals surface area contributed by atoms with Crippen molar-refractivity contribution in [2.45, 2.75) is 13.8 Å². The molecule has 5 aromatic carbocycles. The number of hydrogen-bond donors (Lipinski definition) is 0. The number of allylic oxidation sites excluding steroid dienone is 5. The summed E-state index contributed by atoms with van der Waals surface area (Å²) in [6, 6.07) is 38.7. The maximum absolute atomic E-state index is 3.95. The van der Waals surface area contributed by atoms with E-state index in [0.29, 0.717) is 0 Å². The predicted molar refractivity (Wildman–Crippen MR) is 156 cm³/mol. The van der Waals surface area contributed by atoms with E-state index in [0.717, 1.165) is 0 Å². The van der Waals surface area contributed by atoms with Crippen molar-refractivity contribution in [1.29, 1.82) is 0 Å². The van der Waals surface area contributed by atoms with Crippen LogP contribution in [0.2, 0.25) is 0 Å². The van der Waals surface area contributed by atoms with Crippen LogP contribution in [0, 0.1) is 6.92 Å². The van der Waals surface area contributed by atoms with Crippen molar-refractivity contribution in [1.82, 2.24) is 0 Å². The molecule has 0 atom stereocenters. The second-order valence-electron chi connectivity index (χ2n) is 9.56. The highest BCUT2D eigenvalue weighted by atomic mass is 28.3. The molecule has 0 N–H and O–H groups in total. The van der Waals surface area contributed by atoms with Gasteiger partial charge in [-0.05, 0) is 80.3 Å². The molecule has 6 rings (SSSR count). The van der Waals surface area contributed by atoms with Crippen molar-refractivity contribution in [3.05, 3.63) is 144 Å². The molecule has 0 amide bonds. The summed E-state index contributed by atoms with van der Waals surface area (Å²) < 4.78 is 0. The second-order valence-corrected chi connectivity index (χ2v) is 13.5. The first kappa shape index (κ1) is 21.6. The van der Waals surface area contributed by atoms with Gasteiger partial charge in [0.2, 0.25) is 0 Å². The van der Waals surface area contributed by atoms with E-state index in [1.54, 1.807) is 0 Å². The van der Waals surface area contributed by atoms with Crippen LogP contribution in [-0.4, -0.2) is 8.07 Å². The SMILES string of the molecule is C=C/C=C\C1=C(C)[Si](c2ccccc2)(c2ccccc2)c2cc3cc4cc(C)ccc4cc3cc21. The Morgan fingerprint density at radius 3 is 1.89 bits per heavy atom. The van der Waals surface area contributed by atoms with Gasteiger partial charge in [0.05, 0.1) is 0 Å². The zero-order valence-electron chi connectivity index (χ0n) is 20.3. The lowest BCUT2D eigenvalue weighted by Gasteiger charge is -2.32. The summed E-state index contributed by atoms with van der Waals surface area (Å²) in [5.41, 5.74) is 3.99. The van der Waals surface area contributed by atoms with Crippen molar-refractivity contribution < 1.29 is 0 Å². The molecule has 1 heterocycles. The minimum atomic E-state index is -2.42. The topological polar surface area (TPSA) is 0 Å². The van der Waals surface area contributed by atoms with Crippen molar-refractivity contribution in [2.75, 3.05) is 0 Å². The Balaban J connectivity index is 1.76. The molecule has 35 heavy (non-hydrogen) atoms. The number of aryl methyl sites for hydroxylation is 1. The summed E-state index contributed by atoms with van der Waals surface area (Å²) in [5, 5.41) is 11.0. The summed E-state index contributed by atoms with van der Waals surface area (Å²) in [5.74, 6) is 0. The van der Waals surface area contributed by atoms with Crippen LogP contribution in [0.3, 0.4) is 0 Å². The van der Waals surface area contributed by atoms with E-state index in [-0.39, 0.29) is 0 Å². The van der Waals surface area contributed by atoms with Crippen LogP contribution in [-0.2, 0) is 0 Å². The lowest BCUT2D eigenvalue weighted by atomic mass is 9.97. The summed E-state index contributed by atoms with van der Waals surface area (Å²) in [7, 11) is -2.42. The van der Waals surface area contributed by atoms with Crippen molar-refractivity contribution in [3.63, 3.8) is 0 Å². The smallest absolute Gasteiger partial charge is 0.0991 e. The molecule has 0 saturated carbocycles. The van der Waals surface area contributed by atoms with Crippen molar-refractivity contribution in [2.24, 2.45) is 0 Å². The van der Waals surface area contributed by atoms with Gasteiger partial charge in [0.15, 0.2) is 8.07 Å². The third-order valence-electron chi connectivity index (χ3n) is 7.56. The number of benzene rings is 5. The van der Waals surface area contributed by atoms with E-state index >= 15 is 0 Å². The molecule has 0 spiro atoms. The quantitative estimate of drug-likeness (QED) is 0.155. The lowest BCUT2D eigenvalue weighted by molar-refractivity contribution is 1.51. The molecule has 0 aromatic heterocycles. The molecule has 1 aliphatic rings. The largest absolute Gasteiger partial charge is 0.176 e. The molecule has 0 fully saturated rings. The van der Waals surface area contributed by atoms with Gasteiger partial charge < -0.3 is 0 Å². The third-order valence-corrected chi connectivity index (χ3v) is 12.6.